The van der Waals surface area contributed by atoms with E-state index in [0.29, 0.717) is 22.8 Å². The molecule has 0 N–H and O–H groups in total. The monoisotopic (exact) mass is 334 g/mol. The van der Waals surface area contributed by atoms with Crippen LogP contribution in [0.5, 0.6) is 0 Å². The van der Waals surface area contributed by atoms with E-state index < -0.39 is 0 Å². The van der Waals surface area contributed by atoms with Crippen LogP contribution in [-0.2, 0) is 6.54 Å². The molecule has 0 radical (unpaired) electrons. The van der Waals surface area contributed by atoms with Crippen molar-refractivity contribution < 1.29 is 0 Å². The predicted molar refractivity (Wildman–Crippen MR) is 99.4 cm³/mol. The lowest BCUT2D eigenvalue weighted by atomic mass is 10.0. The zero-order valence-corrected chi connectivity index (χ0v) is 14.8. The summed E-state index contributed by atoms with van der Waals surface area (Å²) in [5, 5.41) is 10.2. The van der Waals surface area contributed by atoms with Gasteiger partial charge in [-0.05, 0) is 25.7 Å². The Morgan fingerprint density at radius 3 is 2.58 bits per heavy atom. The van der Waals surface area contributed by atoms with E-state index in [9.17, 15) is 5.26 Å². The Kier molecular flexibility index (Phi) is 4.41. The second-order valence-corrected chi connectivity index (χ2v) is 6.52. The molecule has 120 valence electrons. The van der Waals surface area contributed by atoms with Gasteiger partial charge in [-0.25, -0.2) is 9.98 Å². The third-order valence-corrected chi connectivity index (χ3v) is 4.74. The normalized spacial score (nSPS) is 12.9. The van der Waals surface area contributed by atoms with Crippen LogP contribution in [0.25, 0.3) is 5.70 Å². The summed E-state index contributed by atoms with van der Waals surface area (Å²) in [6, 6.07) is 10.6. The summed E-state index contributed by atoms with van der Waals surface area (Å²) in [5.41, 5.74) is 6.16. The fraction of sp³-hybridized carbons (Fsp3) is 0.211. The van der Waals surface area contributed by atoms with E-state index in [-0.39, 0.29) is 0 Å². The minimum absolute atomic E-state index is 0.524. The highest BCUT2D eigenvalue weighted by atomic mass is 32.2. The topological polar surface area (TPSA) is 52.3 Å². The van der Waals surface area contributed by atoms with Crippen molar-refractivity contribution in [3.05, 3.63) is 58.8 Å². The highest BCUT2D eigenvalue weighted by Crippen LogP contribution is 2.39. The minimum Gasteiger partial charge on any atom is -0.328 e. The molecule has 1 aromatic heterocycles. The second kappa shape index (κ2) is 6.50. The van der Waals surface area contributed by atoms with Gasteiger partial charge in [0, 0.05) is 17.8 Å². The highest BCUT2D eigenvalue weighted by Gasteiger charge is 2.24. The molecule has 2 aromatic rings. The zero-order valence-electron chi connectivity index (χ0n) is 14.0. The van der Waals surface area contributed by atoms with Gasteiger partial charge in [0.15, 0.2) is 0 Å². The first-order valence-corrected chi connectivity index (χ1v) is 8.82. The number of benzene rings is 1. The van der Waals surface area contributed by atoms with E-state index in [0.717, 1.165) is 17.0 Å². The molecular weight excluding hydrogens is 316 g/mol. The van der Waals surface area contributed by atoms with Crippen LogP contribution in [0.3, 0.4) is 0 Å². The van der Waals surface area contributed by atoms with Gasteiger partial charge >= 0.3 is 0 Å². The summed E-state index contributed by atoms with van der Waals surface area (Å²) in [5.74, 6) is 0. The van der Waals surface area contributed by atoms with Crippen LogP contribution in [0.4, 0.5) is 5.69 Å². The Morgan fingerprint density at radius 2 is 1.96 bits per heavy atom. The van der Waals surface area contributed by atoms with Crippen molar-refractivity contribution in [2.75, 3.05) is 6.26 Å². The third kappa shape index (κ3) is 2.81. The fourth-order valence-electron chi connectivity index (χ4n) is 2.75. The first-order chi connectivity index (χ1) is 11.5. The number of aromatic nitrogens is 1. The number of hydrogen-bond donors (Lipinski definition) is 0. The summed E-state index contributed by atoms with van der Waals surface area (Å²) in [4.78, 5) is 11.1. The molecule has 1 aliphatic rings. The number of aliphatic imine (C=N–C) groups is 1. The molecule has 1 aliphatic heterocycles. The van der Waals surface area contributed by atoms with Crippen LogP contribution < -0.4 is 0 Å². The number of nitrogens with zero attached hydrogens (tertiary/aromatic N) is 4. The van der Waals surface area contributed by atoms with Crippen LogP contribution in [-0.4, -0.2) is 22.5 Å². The standard InChI is InChI=1S/C19H18N4S/c1-12-5-7-15(8-6-12)10-23-11-21-18-16(9-20)19(24-4)22-13(2)17(18)14(23)3/h5-8,11H,3,10H2,1-2,4H3. The van der Waals surface area contributed by atoms with Crippen molar-refractivity contribution in [2.24, 2.45) is 4.99 Å². The molecule has 3 rings (SSSR count). The number of thioether (sulfide) groups is 1. The Hall–Kier alpha value is -2.58. The quantitative estimate of drug-likeness (QED) is 0.779. The van der Waals surface area contributed by atoms with Crippen LogP contribution in [0.1, 0.15) is 27.9 Å². The lowest BCUT2D eigenvalue weighted by molar-refractivity contribution is 0.589. The molecule has 4 nitrogen and oxygen atoms in total. The highest BCUT2D eigenvalue weighted by molar-refractivity contribution is 7.98. The van der Waals surface area contributed by atoms with Crippen molar-refractivity contribution in [1.29, 1.82) is 5.26 Å². The summed E-state index contributed by atoms with van der Waals surface area (Å²) < 4.78 is 0. The summed E-state index contributed by atoms with van der Waals surface area (Å²) in [7, 11) is 0. The van der Waals surface area contributed by atoms with Crippen LogP contribution in [0.2, 0.25) is 0 Å². The second-order valence-electron chi connectivity index (χ2n) is 5.72. The van der Waals surface area contributed by atoms with E-state index in [1.807, 2.05) is 18.1 Å². The molecule has 0 saturated heterocycles. The largest absolute Gasteiger partial charge is 0.328 e. The Bertz CT molecular complexity index is 876. The van der Waals surface area contributed by atoms with E-state index in [2.05, 4.69) is 53.8 Å². The zero-order chi connectivity index (χ0) is 17.3. The fourth-order valence-corrected chi connectivity index (χ4v) is 3.33. The van der Waals surface area contributed by atoms with Crippen molar-refractivity contribution >= 4 is 29.5 Å². The molecule has 24 heavy (non-hydrogen) atoms. The van der Waals surface area contributed by atoms with Crippen LogP contribution in [0.15, 0.2) is 40.9 Å². The average molecular weight is 334 g/mol. The summed E-state index contributed by atoms with van der Waals surface area (Å²) in [6.45, 7) is 8.92. The maximum atomic E-state index is 9.49. The van der Waals surface area contributed by atoms with E-state index in [1.54, 1.807) is 6.34 Å². The molecule has 0 atom stereocenters. The van der Waals surface area contributed by atoms with Crippen LogP contribution >= 0.6 is 11.8 Å². The molecule has 0 aliphatic carbocycles. The lowest BCUT2D eigenvalue weighted by Crippen LogP contribution is -2.23. The van der Waals surface area contributed by atoms with Gasteiger partial charge < -0.3 is 4.90 Å². The van der Waals surface area contributed by atoms with Gasteiger partial charge in [-0.3, -0.25) is 0 Å². The Morgan fingerprint density at radius 1 is 1.25 bits per heavy atom. The first-order valence-electron chi connectivity index (χ1n) is 7.59. The molecule has 0 fully saturated rings. The molecule has 0 unspecified atom stereocenters. The number of fused-ring (bicyclic) bond motifs is 1. The predicted octanol–water partition coefficient (Wildman–Crippen LogP) is 4.44. The summed E-state index contributed by atoms with van der Waals surface area (Å²) in [6.07, 6.45) is 3.68. The lowest BCUT2D eigenvalue weighted by Gasteiger charge is -2.28. The van der Waals surface area contributed by atoms with Gasteiger partial charge in [0.05, 0.1) is 17.7 Å². The Balaban J connectivity index is 2.00. The maximum Gasteiger partial charge on any atom is 0.116 e. The van der Waals surface area contributed by atoms with Crippen LogP contribution in [0, 0.1) is 25.2 Å². The van der Waals surface area contributed by atoms with Crippen molar-refractivity contribution in [3.63, 3.8) is 0 Å². The van der Waals surface area contributed by atoms with Gasteiger partial charge in [0.1, 0.15) is 16.7 Å². The molecular formula is C19H18N4S. The van der Waals surface area contributed by atoms with Crippen molar-refractivity contribution in [3.8, 4) is 6.07 Å². The molecule has 0 spiro atoms. The molecule has 0 bridgehead atoms. The number of hydrogen-bond acceptors (Lipinski definition) is 5. The summed E-state index contributed by atoms with van der Waals surface area (Å²) >= 11 is 1.46. The smallest absolute Gasteiger partial charge is 0.116 e. The first kappa shape index (κ1) is 16.3. The molecule has 0 saturated carbocycles. The van der Waals surface area contributed by atoms with E-state index in [4.69, 9.17) is 0 Å². The van der Waals surface area contributed by atoms with Gasteiger partial charge in [-0.1, -0.05) is 36.4 Å². The van der Waals surface area contributed by atoms with Gasteiger partial charge in [-0.15, -0.1) is 11.8 Å². The third-order valence-electron chi connectivity index (χ3n) is 4.06. The maximum absolute atomic E-state index is 9.49. The average Bonchev–Trinajstić information content (AvgIpc) is 2.58. The van der Waals surface area contributed by atoms with E-state index >= 15 is 0 Å². The number of nitriles is 1. The SMILES string of the molecule is C=C1c2c(C)nc(SC)c(C#N)c2N=CN1Cc1ccc(C)cc1. The molecule has 0 amide bonds. The Labute approximate surface area is 146 Å². The number of pyridine rings is 1. The molecule has 1 aromatic carbocycles. The molecule has 5 heteroatoms. The van der Waals surface area contributed by atoms with Crippen molar-refractivity contribution in [2.45, 2.75) is 25.4 Å². The van der Waals surface area contributed by atoms with Crippen molar-refractivity contribution in [1.82, 2.24) is 9.88 Å². The molecule has 2 heterocycles. The number of aryl methyl sites for hydroxylation is 2. The minimum atomic E-state index is 0.524. The van der Waals surface area contributed by atoms with E-state index in [1.165, 1.54) is 22.9 Å². The number of rotatable bonds is 3. The van der Waals surface area contributed by atoms with Gasteiger partial charge in [-0.2, -0.15) is 5.26 Å². The van der Waals surface area contributed by atoms with Gasteiger partial charge in [0.2, 0.25) is 0 Å². The van der Waals surface area contributed by atoms with Gasteiger partial charge in [0.25, 0.3) is 0 Å².